The first-order chi connectivity index (χ1) is 8.11. The molecule has 0 aromatic heterocycles. The van der Waals surface area contributed by atoms with Crippen molar-refractivity contribution in [2.24, 2.45) is 0 Å². The van der Waals surface area contributed by atoms with E-state index in [9.17, 15) is 4.21 Å². The molecule has 1 aromatic rings. The second-order valence-corrected chi connectivity index (χ2v) is 5.71. The van der Waals surface area contributed by atoms with Crippen LogP contribution in [0.3, 0.4) is 0 Å². The fraction of sp³-hybridized carbons (Fsp3) is 0.462. The highest BCUT2D eigenvalue weighted by Crippen LogP contribution is 2.04. The summed E-state index contributed by atoms with van der Waals surface area (Å²) in [5.41, 5.74) is 1.79. The summed E-state index contributed by atoms with van der Waals surface area (Å²) in [5, 5.41) is 12.1. The van der Waals surface area contributed by atoms with E-state index in [0.717, 1.165) is 24.3 Å². The van der Waals surface area contributed by atoms with Crippen LogP contribution in [0.1, 0.15) is 24.5 Å². The van der Waals surface area contributed by atoms with Crippen LogP contribution in [0.15, 0.2) is 24.3 Å². The first-order valence-corrected chi connectivity index (χ1v) is 7.37. The van der Waals surface area contributed by atoms with Crippen LogP contribution in [-0.2, 0) is 17.3 Å². The van der Waals surface area contributed by atoms with E-state index in [-0.39, 0.29) is 0 Å². The molecule has 0 aliphatic heterocycles. The Balaban J connectivity index is 2.39. The van der Waals surface area contributed by atoms with Gasteiger partial charge in [0.2, 0.25) is 0 Å². The van der Waals surface area contributed by atoms with Gasteiger partial charge in [-0.15, -0.1) is 0 Å². The lowest BCUT2D eigenvalue weighted by Gasteiger charge is -2.13. The second kappa shape index (κ2) is 7.21. The third-order valence-electron chi connectivity index (χ3n) is 2.55. The summed E-state index contributed by atoms with van der Waals surface area (Å²) < 4.78 is 11.0. The van der Waals surface area contributed by atoms with Crippen molar-refractivity contribution in [3.05, 3.63) is 35.4 Å². The molecule has 4 heteroatoms. The van der Waals surface area contributed by atoms with E-state index in [1.807, 2.05) is 18.2 Å². The lowest BCUT2D eigenvalue weighted by atomic mass is 10.1. The zero-order chi connectivity index (χ0) is 12.7. The summed E-state index contributed by atoms with van der Waals surface area (Å²) in [6.45, 7) is 2.83. The van der Waals surface area contributed by atoms with Gasteiger partial charge in [0, 0.05) is 35.4 Å². The van der Waals surface area contributed by atoms with Gasteiger partial charge < -0.3 is 5.32 Å². The van der Waals surface area contributed by atoms with Crippen LogP contribution in [0.4, 0.5) is 0 Å². The number of benzene rings is 1. The largest absolute Gasteiger partial charge is 0.310 e. The fourth-order valence-electron chi connectivity index (χ4n) is 1.49. The lowest BCUT2D eigenvalue weighted by molar-refractivity contribution is 0.535. The maximum absolute atomic E-state index is 11.0. The van der Waals surface area contributed by atoms with Crippen LogP contribution in [0.2, 0.25) is 0 Å². The van der Waals surface area contributed by atoms with Gasteiger partial charge in [-0.05, 0) is 31.0 Å². The van der Waals surface area contributed by atoms with Gasteiger partial charge in [0.1, 0.15) is 0 Å². The molecular weight excluding hydrogens is 232 g/mol. The van der Waals surface area contributed by atoms with E-state index in [0.29, 0.717) is 11.6 Å². The SMILES string of the molecule is CC(CCS(C)=O)NCc1cccc(C#N)c1. The van der Waals surface area contributed by atoms with E-state index in [1.165, 1.54) is 0 Å². The summed E-state index contributed by atoms with van der Waals surface area (Å²) >= 11 is 0. The maximum atomic E-state index is 11.0. The fourth-order valence-corrected chi connectivity index (χ4v) is 2.17. The molecule has 0 saturated heterocycles. The van der Waals surface area contributed by atoms with Crippen LogP contribution in [0, 0.1) is 11.3 Å². The van der Waals surface area contributed by atoms with E-state index in [2.05, 4.69) is 18.3 Å². The average Bonchev–Trinajstić information content (AvgIpc) is 2.34. The predicted octanol–water partition coefficient (Wildman–Crippen LogP) is 1.80. The topological polar surface area (TPSA) is 52.9 Å². The normalized spacial score (nSPS) is 13.9. The van der Waals surface area contributed by atoms with Crippen LogP contribution in [0.5, 0.6) is 0 Å². The molecule has 1 rings (SSSR count). The highest BCUT2D eigenvalue weighted by molar-refractivity contribution is 7.84. The van der Waals surface area contributed by atoms with Crippen LogP contribution >= 0.6 is 0 Å². The Hall–Kier alpha value is -1.18. The molecule has 0 radical (unpaired) electrons. The second-order valence-electron chi connectivity index (χ2n) is 4.16. The molecule has 2 atom stereocenters. The van der Waals surface area contributed by atoms with Crippen molar-refractivity contribution in [1.29, 1.82) is 5.26 Å². The van der Waals surface area contributed by atoms with E-state index in [1.54, 1.807) is 12.3 Å². The Morgan fingerprint density at radius 1 is 1.53 bits per heavy atom. The van der Waals surface area contributed by atoms with E-state index in [4.69, 9.17) is 5.26 Å². The van der Waals surface area contributed by atoms with Crippen molar-refractivity contribution in [2.75, 3.05) is 12.0 Å². The Morgan fingerprint density at radius 2 is 2.29 bits per heavy atom. The molecule has 0 heterocycles. The highest BCUT2D eigenvalue weighted by atomic mass is 32.2. The van der Waals surface area contributed by atoms with Gasteiger partial charge in [-0.25, -0.2) is 0 Å². The summed E-state index contributed by atoms with van der Waals surface area (Å²) in [6.07, 6.45) is 2.63. The number of nitrogens with zero attached hydrogens (tertiary/aromatic N) is 1. The Labute approximate surface area is 105 Å². The molecule has 0 fully saturated rings. The van der Waals surface area contributed by atoms with Crippen molar-refractivity contribution in [3.8, 4) is 6.07 Å². The highest BCUT2D eigenvalue weighted by Gasteiger charge is 2.03. The molecule has 0 aliphatic rings. The smallest absolute Gasteiger partial charge is 0.0991 e. The zero-order valence-corrected chi connectivity index (χ0v) is 11.1. The minimum absolute atomic E-state index is 0.338. The van der Waals surface area contributed by atoms with Crippen LogP contribution in [0.25, 0.3) is 0 Å². The Bertz CT molecular complexity index is 426. The Morgan fingerprint density at radius 3 is 2.94 bits per heavy atom. The molecule has 92 valence electrons. The number of rotatable bonds is 6. The summed E-state index contributed by atoms with van der Waals surface area (Å²) in [6, 6.07) is 10.0. The van der Waals surface area contributed by atoms with Crippen molar-refractivity contribution < 1.29 is 4.21 Å². The number of hydrogen-bond acceptors (Lipinski definition) is 3. The van der Waals surface area contributed by atoms with Gasteiger partial charge in [-0.1, -0.05) is 12.1 Å². The molecule has 3 nitrogen and oxygen atoms in total. The first-order valence-electron chi connectivity index (χ1n) is 5.64. The number of hydrogen-bond donors (Lipinski definition) is 1. The number of nitrogens with one attached hydrogen (secondary N) is 1. The summed E-state index contributed by atoms with van der Waals surface area (Å²) in [7, 11) is -0.722. The predicted molar refractivity (Wildman–Crippen MR) is 71.0 cm³/mol. The molecule has 2 unspecified atom stereocenters. The van der Waals surface area contributed by atoms with Gasteiger partial charge in [-0.3, -0.25) is 4.21 Å². The van der Waals surface area contributed by atoms with Gasteiger partial charge in [-0.2, -0.15) is 5.26 Å². The van der Waals surface area contributed by atoms with Gasteiger partial charge in [0.05, 0.1) is 11.6 Å². The molecule has 1 aromatic carbocycles. The first kappa shape index (κ1) is 13.9. The van der Waals surface area contributed by atoms with Crippen molar-refractivity contribution in [2.45, 2.75) is 25.9 Å². The third kappa shape index (κ3) is 5.62. The molecule has 0 aliphatic carbocycles. The molecule has 0 spiro atoms. The van der Waals surface area contributed by atoms with E-state index >= 15 is 0 Å². The van der Waals surface area contributed by atoms with Crippen LogP contribution < -0.4 is 5.32 Å². The molecule has 0 bridgehead atoms. The number of nitriles is 1. The average molecular weight is 250 g/mol. The maximum Gasteiger partial charge on any atom is 0.0991 e. The van der Waals surface area contributed by atoms with Crippen LogP contribution in [-0.4, -0.2) is 22.3 Å². The summed E-state index contributed by atoms with van der Waals surface area (Å²) in [5.74, 6) is 0.729. The minimum atomic E-state index is -0.722. The standard InChI is InChI=1S/C13H18N2OS/c1-11(6-7-17(2)16)15-10-13-5-3-4-12(8-13)9-14/h3-5,8,11,15H,6-7,10H2,1-2H3. The molecular formula is C13H18N2OS. The van der Waals surface area contributed by atoms with Crippen molar-refractivity contribution in [3.63, 3.8) is 0 Å². The molecule has 0 saturated carbocycles. The monoisotopic (exact) mass is 250 g/mol. The minimum Gasteiger partial charge on any atom is -0.310 e. The van der Waals surface area contributed by atoms with E-state index < -0.39 is 10.8 Å². The van der Waals surface area contributed by atoms with Gasteiger partial charge >= 0.3 is 0 Å². The molecule has 0 amide bonds. The van der Waals surface area contributed by atoms with Gasteiger partial charge in [0.25, 0.3) is 0 Å². The van der Waals surface area contributed by atoms with Gasteiger partial charge in [0.15, 0.2) is 0 Å². The molecule has 17 heavy (non-hydrogen) atoms. The lowest BCUT2D eigenvalue weighted by Crippen LogP contribution is -2.26. The zero-order valence-electron chi connectivity index (χ0n) is 10.3. The summed E-state index contributed by atoms with van der Waals surface area (Å²) in [4.78, 5) is 0. The quantitative estimate of drug-likeness (QED) is 0.837. The molecule has 1 N–H and O–H groups in total. The third-order valence-corrected chi connectivity index (χ3v) is 3.36. The van der Waals surface area contributed by atoms with Crippen molar-refractivity contribution in [1.82, 2.24) is 5.32 Å². The Kier molecular flexibility index (Phi) is 5.88. The van der Waals surface area contributed by atoms with Crippen molar-refractivity contribution >= 4 is 10.8 Å².